The molecule has 3 aromatic heterocycles. The fraction of sp³-hybridized carbons (Fsp3) is 0.471. The van der Waals surface area contributed by atoms with E-state index in [0.717, 1.165) is 99.1 Å². The summed E-state index contributed by atoms with van der Waals surface area (Å²) in [5, 5.41) is 9.05. The van der Waals surface area contributed by atoms with Crippen LogP contribution in [-0.4, -0.2) is 126 Å². The molecule has 16 heteroatoms. The zero-order valence-corrected chi connectivity index (χ0v) is 40.6. The maximum atomic E-state index is 13.7. The summed E-state index contributed by atoms with van der Waals surface area (Å²) in [6.45, 7) is 13.8. The SMILES string of the molecule is CC.CCCN(Cc1ncc(-c2ccc3nc(-c4ccc5c(ccc6[nH]c(C7CCCN7C)nc65)c4)ccc3c2)[nH]1)C(=O)[C@@H](NC)C1CCOCC1.COC(=O)NC(C=O)C(C)C.COC=O. The predicted molar refractivity (Wildman–Crippen MR) is 263 cm³/mol. The van der Waals surface area contributed by atoms with E-state index in [1.54, 1.807) is 0 Å². The Kier molecular flexibility index (Phi) is 19.8. The van der Waals surface area contributed by atoms with E-state index in [0.29, 0.717) is 45.1 Å². The van der Waals surface area contributed by atoms with Crippen molar-refractivity contribution in [1.29, 1.82) is 0 Å². The van der Waals surface area contributed by atoms with Gasteiger partial charge in [-0.3, -0.25) is 14.5 Å². The number of fused-ring (bicyclic) bond motifs is 4. The minimum Gasteiger partial charge on any atom is -0.471 e. The van der Waals surface area contributed by atoms with Crippen molar-refractivity contribution in [1.82, 2.24) is 45.4 Å². The number of aromatic amines is 2. The van der Waals surface area contributed by atoms with Crippen molar-refractivity contribution in [2.45, 2.75) is 91.4 Å². The van der Waals surface area contributed by atoms with Crippen molar-refractivity contribution >= 4 is 57.5 Å². The maximum absolute atomic E-state index is 13.7. The van der Waals surface area contributed by atoms with Crippen LogP contribution in [0.1, 0.15) is 84.4 Å². The summed E-state index contributed by atoms with van der Waals surface area (Å²) in [5.41, 5.74) is 7.03. The van der Waals surface area contributed by atoms with E-state index < -0.39 is 12.1 Å². The Bertz CT molecular complexity index is 2530. The number of aldehydes is 1. The number of amides is 2. The smallest absolute Gasteiger partial charge is 0.407 e. The van der Waals surface area contributed by atoms with Crippen LogP contribution in [0.5, 0.6) is 0 Å². The van der Waals surface area contributed by atoms with Gasteiger partial charge >= 0.3 is 6.09 Å². The van der Waals surface area contributed by atoms with Gasteiger partial charge in [-0.25, -0.2) is 19.7 Å². The van der Waals surface area contributed by atoms with E-state index in [2.05, 4.69) is 115 Å². The Balaban J connectivity index is 0.000000425. The predicted octanol–water partition coefficient (Wildman–Crippen LogP) is 8.22. The summed E-state index contributed by atoms with van der Waals surface area (Å²) in [6, 6.07) is 21.1. The molecule has 16 nitrogen and oxygen atoms in total. The molecule has 3 aromatic carbocycles. The summed E-state index contributed by atoms with van der Waals surface area (Å²) in [4.78, 5) is 69.7. The van der Waals surface area contributed by atoms with Gasteiger partial charge in [-0.05, 0) is 100 Å². The first-order valence-corrected chi connectivity index (χ1v) is 23.4. The van der Waals surface area contributed by atoms with E-state index in [4.69, 9.17) is 19.5 Å². The number of hydrogen-bond donors (Lipinski definition) is 4. The molecule has 2 aliphatic rings. The number of ether oxygens (including phenoxy) is 3. The molecule has 360 valence electrons. The molecule has 6 aromatic rings. The van der Waals surface area contributed by atoms with Gasteiger partial charge in [0.1, 0.15) is 17.9 Å². The third kappa shape index (κ3) is 13.2. The van der Waals surface area contributed by atoms with Gasteiger partial charge < -0.3 is 44.5 Å². The van der Waals surface area contributed by atoms with Crippen LogP contribution in [0, 0.1) is 11.8 Å². The van der Waals surface area contributed by atoms with Crippen molar-refractivity contribution in [3.63, 3.8) is 0 Å². The molecule has 3 atom stereocenters. The Morgan fingerprint density at radius 3 is 2.31 bits per heavy atom. The molecule has 4 N–H and O–H groups in total. The first kappa shape index (κ1) is 51.7. The van der Waals surface area contributed by atoms with Crippen LogP contribution >= 0.6 is 0 Å². The minimum absolute atomic E-state index is 0.0894. The number of pyridine rings is 1. The Hall–Kier alpha value is -6.23. The lowest BCUT2D eigenvalue weighted by Gasteiger charge is -2.33. The number of nitrogens with one attached hydrogen (secondary N) is 4. The Morgan fingerprint density at radius 1 is 0.955 bits per heavy atom. The van der Waals surface area contributed by atoms with Crippen molar-refractivity contribution in [2.75, 3.05) is 54.6 Å². The van der Waals surface area contributed by atoms with Crippen LogP contribution in [0.2, 0.25) is 0 Å². The molecule has 2 fully saturated rings. The second-order valence-electron chi connectivity index (χ2n) is 16.9. The fourth-order valence-corrected chi connectivity index (χ4v) is 8.51. The van der Waals surface area contributed by atoms with Crippen molar-refractivity contribution in [3.05, 3.63) is 78.5 Å². The highest BCUT2D eigenvalue weighted by atomic mass is 16.5. The van der Waals surface area contributed by atoms with E-state index in [9.17, 15) is 14.4 Å². The van der Waals surface area contributed by atoms with Gasteiger partial charge in [0.25, 0.3) is 6.47 Å². The Labute approximate surface area is 393 Å². The number of carbonyl (C=O) groups excluding carboxylic acids is 4. The quantitative estimate of drug-likeness (QED) is 0.0766. The number of imidazole rings is 2. The number of hydrogen-bond acceptors (Lipinski definition) is 12. The first-order chi connectivity index (χ1) is 32.5. The summed E-state index contributed by atoms with van der Waals surface area (Å²) < 4.78 is 13.7. The number of alkyl carbamates (subject to hydrolysis) is 1. The molecular weight excluding hydrogens is 851 g/mol. The molecule has 5 heterocycles. The number of rotatable bonds is 14. The van der Waals surface area contributed by atoms with Gasteiger partial charge in [-0.15, -0.1) is 0 Å². The van der Waals surface area contributed by atoms with Crippen LogP contribution in [0.15, 0.2) is 66.9 Å². The van der Waals surface area contributed by atoms with Crippen LogP contribution in [0.4, 0.5) is 4.79 Å². The van der Waals surface area contributed by atoms with Crippen molar-refractivity contribution in [2.24, 2.45) is 11.8 Å². The number of benzene rings is 3. The molecule has 2 saturated heterocycles. The Morgan fingerprint density at radius 2 is 1.67 bits per heavy atom. The van der Waals surface area contributed by atoms with Gasteiger partial charge in [0, 0.05) is 41.7 Å². The number of carbonyl (C=O) groups is 4. The number of likely N-dealkylation sites (N-methyl/N-ethyl adjacent to an activating group) is 1. The number of methoxy groups -OCH3 is 2. The molecule has 0 saturated carbocycles. The monoisotopic (exact) mass is 920 g/mol. The van der Waals surface area contributed by atoms with Gasteiger partial charge in [0.2, 0.25) is 5.91 Å². The standard InChI is InChI=1S/C40H46N8O2.C7H13NO3.C2H4O2.C2H6/c1-4-17-48(40(49)37(41-2)25-15-19-50-20-16-25)24-36-42-23-34(44-36)29-10-13-32-28(22-29)9-12-31(43-32)27-7-11-30-26(21-27)8-14-33-38(30)46-39(45-33)35-6-5-18-47(35)3;1-5(2)6(4-9)8-7(10)11-3;1-4-2-3;1-2/h7-14,21-23,25,35,37,41H,4-6,15-20,24H2,1-3H3,(H,42,44)(H,45,46);4-6H,1-3H3,(H,8,10);2H,1H3;1-2H3/t35?,37-;;;/m0.../s1. The van der Waals surface area contributed by atoms with Crippen LogP contribution in [0.25, 0.3) is 55.2 Å². The highest BCUT2D eigenvalue weighted by Crippen LogP contribution is 2.34. The largest absolute Gasteiger partial charge is 0.471 e. The molecule has 0 bridgehead atoms. The van der Waals surface area contributed by atoms with E-state index in [1.165, 1.54) is 20.6 Å². The average Bonchev–Trinajstić information content (AvgIpc) is 4.14. The van der Waals surface area contributed by atoms with Crippen molar-refractivity contribution in [3.8, 4) is 22.5 Å². The molecule has 8 rings (SSSR count). The lowest BCUT2D eigenvalue weighted by Crippen LogP contribution is -2.50. The lowest BCUT2D eigenvalue weighted by atomic mass is 9.91. The lowest BCUT2D eigenvalue weighted by molar-refractivity contribution is -0.136. The first-order valence-electron chi connectivity index (χ1n) is 23.4. The van der Waals surface area contributed by atoms with Crippen LogP contribution in [-0.2, 0) is 35.1 Å². The molecule has 0 radical (unpaired) electrons. The zero-order valence-electron chi connectivity index (χ0n) is 40.6. The number of nitrogens with zero attached hydrogens (tertiary/aromatic N) is 5. The summed E-state index contributed by atoms with van der Waals surface area (Å²) in [7, 11) is 6.64. The van der Waals surface area contributed by atoms with Crippen LogP contribution in [0.3, 0.4) is 0 Å². The van der Waals surface area contributed by atoms with Crippen molar-refractivity contribution < 1.29 is 33.4 Å². The zero-order chi connectivity index (χ0) is 48.5. The third-order valence-electron chi connectivity index (χ3n) is 12.1. The van der Waals surface area contributed by atoms with Crippen LogP contribution < -0.4 is 10.6 Å². The highest BCUT2D eigenvalue weighted by Gasteiger charge is 2.32. The minimum atomic E-state index is -0.573. The topological polar surface area (TPSA) is 197 Å². The number of H-pyrrole nitrogens is 2. The van der Waals surface area contributed by atoms with Gasteiger partial charge in [-0.1, -0.05) is 65.0 Å². The average molecular weight is 920 g/mol. The highest BCUT2D eigenvalue weighted by molar-refractivity contribution is 6.05. The van der Waals surface area contributed by atoms with E-state index in [1.807, 2.05) is 45.8 Å². The molecule has 0 aliphatic carbocycles. The van der Waals surface area contributed by atoms with Gasteiger partial charge in [-0.2, -0.15) is 0 Å². The molecule has 0 spiro atoms. The number of likely N-dealkylation sites (tertiary alicyclic amines) is 1. The fourth-order valence-electron chi connectivity index (χ4n) is 8.51. The molecular formula is C51H69N9O7. The van der Waals surface area contributed by atoms with Gasteiger partial charge in [0.05, 0.1) is 73.0 Å². The second-order valence-corrected chi connectivity index (χ2v) is 16.9. The summed E-state index contributed by atoms with van der Waals surface area (Å²) in [6.07, 6.45) is 7.02. The van der Waals surface area contributed by atoms with E-state index in [-0.39, 0.29) is 23.8 Å². The van der Waals surface area contributed by atoms with Gasteiger partial charge in [0.15, 0.2) is 0 Å². The third-order valence-corrected chi connectivity index (χ3v) is 12.1. The summed E-state index contributed by atoms with van der Waals surface area (Å²) in [5.74, 6) is 2.35. The molecule has 67 heavy (non-hydrogen) atoms. The second kappa shape index (κ2) is 25.6. The summed E-state index contributed by atoms with van der Waals surface area (Å²) >= 11 is 0. The number of aromatic nitrogens is 5. The maximum Gasteiger partial charge on any atom is 0.407 e. The molecule has 2 aliphatic heterocycles. The molecule has 2 amide bonds. The normalized spacial score (nSPS) is 15.9. The van der Waals surface area contributed by atoms with E-state index >= 15 is 0 Å². The molecule has 2 unspecified atom stereocenters.